The van der Waals surface area contributed by atoms with Crippen LogP contribution in [0, 0.1) is 5.82 Å². The fourth-order valence-corrected chi connectivity index (χ4v) is 1.25. The van der Waals surface area contributed by atoms with Gasteiger partial charge in [0.05, 0.1) is 12.6 Å². The summed E-state index contributed by atoms with van der Waals surface area (Å²) in [6, 6.07) is 4.51. The lowest BCUT2D eigenvalue weighted by atomic mass is 10.3. The molecule has 2 N–H and O–H groups in total. The molecule has 0 bridgehead atoms. The highest BCUT2D eigenvalue weighted by molar-refractivity contribution is 5.85. The maximum atomic E-state index is 13.4. The summed E-state index contributed by atoms with van der Waals surface area (Å²) >= 11 is 0. The smallest absolute Gasteiger partial charge is 0.168 e. The van der Waals surface area contributed by atoms with Gasteiger partial charge in [0.25, 0.3) is 0 Å². The van der Waals surface area contributed by atoms with Gasteiger partial charge in [-0.2, -0.15) is 0 Å². The fraction of sp³-hybridized carbons (Fsp3) is 0.455. The zero-order chi connectivity index (χ0) is 10.9. The predicted molar refractivity (Wildman–Crippen MR) is 61.8 cm³/mol. The van der Waals surface area contributed by atoms with Crippen LogP contribution in [0.15, 0.2) is 18.2 Å². The Morgan fingerprint density at radius 2 is 2.12 bits per heavy atom. The molecule has 0 amide bonds. The number of halogens is 2. The quantitative estimate of drug-likeness (QED) is 0.887. The Kier molecular flexibility index (Phi) is 3.99. The first-order valence-electron chi connectivity index (χ1n) is 4.88. The van der Waals surface area contributed by atoms with E-state index in [1.807, 2.05) is 0 Å². The highest BCUT2D eigenvalue weighted by Crippen LogP contribution is 2.33. The van der Waals surface area contributed by atoms with Crippen LogP contribution in [-0.4, -0.2) is 19.3 Å². The van der Waals surface area contributed by atoms with Crippen LogP contribution in [0.5, 0.6) is 11.5 Å². The molecule has 90 valence electrons. The van der Waals surface area contributed by atoms with Crippen LogP contribution in [0.4, 0.5) is 4.39 Å². The van der Waals surface area contributed by atoms with Crippen molar-refractivity contribution in [1.82, 2.24) is 0 Å². The average molecular weight is 248 g/mol. The standard InChI is InChI=1S/C11H14FNO2.ClH/c1-14-8-2-3-10(9(12)6-8)15-7-11(13)4-5-11;/h2-3,6H,4-5,7,13H2,1H3;1H. The van der Waals surface area contributed by atoms with Crippen molar-refractivity contribution in [2.45, 2.75) is 18.4 Å². The SMILES string of the molecule is COc1ccc(OCC2(N)CC2)c(F)c1.Cl. The van der Waals surface area contributed by atoms with Gasteiger partial charge in [-0.1, -0.05) is 0 Å². The third kappa shape index (κ3) is 3.00. The Bertz CT molecular complexity index is 369. The van der Waals surface area contributed by atoms with Gasteiger partial charge in [0.1, 0.15) is 12.4 Å². The highest BCUT2D eigenvalue weighted by atomic mass is 35.5. The van der Waals surface area contributed by atoms with E-state index in [1.165, 1.54) is 13.2 Å². The number of hydrogen-bond donors (Lipinski definition) is 1. The Labute approximate surface area is 100 Å². The van der Waals surface area contributed by atoms with Crippen molar-refractivity contribution in [3.05, 3.63) is 24.0 Å². The lowest BCUT2D eigenvalue weighted by molar-refractivity contribution is 0.266. The van der Waals surface area contributed by atoms with Gasteiger partial charge >= 0.3 is 0 Å². The molecule has 1 fully saturated rings. The van der Waals surface area contributed by atoms with Gasteiger partial charge in [0, 0.05) is 6.07 Å². The molecule has 1 aromatic rings. The molecule has 0 spiro atoms. The van der Waals surface area contributed by atoms with Gasteiger partial charge in [0.15, 0.2) is 11.6 Å². The first kappa shape index (κ1) is 13.1. The molecule has 0 aromatic heterocycles. The Morgan fingerprint density at radius 3 is 2.62 bits per heavy atom. The van der Waals surface area contributed by atoms with Crippen molar-refractivity contribution in [2.75, 3.05) is 13.7 Å². The number of benzene rings is 1. The van der Waals surface area contributed by atoms with Crippen LogP contribution in [0.3, 0.4) is 0 Å². The largest absolute Gasteiger partial charge is 0.497 e. The zero-order valence-electron chi connectivity index (χ0n) is 9.03. The van der Waals surface area contributed by atoms with Gasteiger partial charge in [-0.15, -0.1) is 12.4 Å². The predicted octanol–water partition coefficient (Wildman–Crippen LogP) is 2.13. The van der Waals surface area contributed by atoms with E-state index in [9.17, 15) is 4.39 Å². The first-order valence-corrected chi connectivity index (χ1v) is 4.88. The minimum atomic E-state index is -0.418. The van der Waals surface area contributed by atoms with E-state index in [4.69, 9.17) is 15.2 Å². The second kappa shape index (κ2) is 4.89. The number of methoxy groups -OCH3 is 1. The Hall–Kier alpha value is -1.00. The zero-order valence-corrected chi connectivity index (χ0v) is 9.85. The van der Waals surface area contributed by atoms with Gasteiger partial charge in [-0.05, 0) is 25.0 Å². The maximum Gasteiger partial charge on any atom is 0.168 e. The molecular formula is C11H15ClFNO2. The van der Waals surface area contributed by atoms with Crippen LogP contribution in [0.25, 0.3) is 0 Å². The van der Waals surface area contributed by atoms with E-state index < -0.39 is 5.82 Å². The van der Waals surface area contributed by atoms with Crippen molar-refractivity contribution < 1.29 is 13.9 Å². The summed E-state index contributed by atoms with van der Waals surface area (Å²) in [5.41, 5.74) is 5.60. The molecule has 0 unspecified atom stereocenters. The van der Waals surface area contributed by atoms with Crippen LogP contribution in [0.1, 0.15) is 12.8 Å². The number of hydrogen-bond acceptors (Lipinski definition) is 3. The van der Waals surface area contributed by atoms with Crippen molar-refractivity contribution in [2.24, 2.45) is 5.73 Å². The van der Waals surface area contributed by atoms with E-state index in [0.29, 0.717) is 12.4 Å². The summed E-state index contributed by atoms with van der Waals surface area (Å²) in [6.07, 6.45) is 1.90. The Morgan fingerprint density at radius 1 is 1.44 bits per heavy atom. The van der Waals surface area contributed by atoms with E-state index in [-0.39, 0.29) is 23.7 Å². The van der Waals surface area contributed by atoms with Gasteiger partial charge in [-0.25, -0.2) is 4.39 Å². The highest BCUT2D eigenvalue weighted by Gasteiger charge is 2.39. The molecule has 0 heterocycles. The second-order valence-electron chi connectivity index (χ2n) is 3.95. The van der Waals surface area contributed by atoms with Crippen LogP contribution >= 0.6 is 12.4 Å². The molecule has 1 aliphatic carbocycles. The van der Waals surface area contributed by atoms with Crippen LogP contribution in [0.2, 0.25) is 0 Å². The molecule has 1 saturated carbocycles. The minimum Gasteiger partial charge on any atom is -0.497 e. The number of ether oxygens (including phenoxy) is 2. The van der Waals surface area contributed by atoms with E-state index in [1.54, 1.807) is 12.1 Å². The third-order valence-corrected chi connectivity index (χ3v) is 2.55. The van der Waals surface area contributed by atoms with Crippen LogP contribution in [-0.2, 0) is 0 Å². The number of nitrogens with two attached hydrogens (primary N) is 1. The summed E-state index contributed by atoms with van der Waals surface area (Å²) in [5, 5.41) is 0. The van der Waals surface area contributed by atoms with Crippen LogP contribution < -0.4 is 15.2 Å². The van der Waals surface area contributed by atoms with Gasteiger partial charge < -0.3 is 15.2 Å². The normalized spacial score (nSPS) is 16.2. The molecule has 16 heavy (non-hydrogen) atoms. The fourth-order valence-electron chi connectivity index (χ4n) is 1.25. The Balaban J connectivity index is 0.00000128. The van der Waals surface area contributed by atoms with E-state index >= 15 is 0 Å². The molecule has 5 heteroatoms. The summed E-state index contributed by atoms with van der Waals surface area (Å²) in [5.74, 6) is 0.292. The first-order chi connectivity index (χ1) is 7.13. The second-order valence-corrected chi connectivity index (χ2v) is 3.95. The molecule has 0 aliphatic heterocycles. The third-order valence-electron chi connectivity index (χ3n) is 2.55. The molecule has 0 radical (unpaired) electrons. The van der Waals surface area contributed by atoms with Crippen molar-refractivity contribution in [1.29, 1.82) is 0 Å². The molecule has 1 aromatic carbocycles. The maximum absolute atomic E-state index is 13.4. The molecule has 3 nitrogen and oxygen atoms in total. The minimum absolute atomic E-state index is 0. The topological polar surface area (TPSA) is 44.5 Å². The lowest BCUT2D eigenvalue weighted by Crippen LogP contribution is -2.29. The monoisotopic (exact) mass is 247 g/mol. The van der Waals surface area contributed by atoms with Crippen molar-refractivity contribution in [3.8, 4) is 11.5 Å². The molecule has 0 atom stereocenters. The van der Waals surface area contributed by atoms with Crippen molar-refractivity contribution >= 4 is 12.4 Å². The molecule has 0 saturated heterocycles. The van der Waals surface area contributed by atoms with Gasteiger partial charge in [0.2, 0.25) is 0 Å². The average Bonchev–Trinajstić information content (AvgIpc) is 2.95. The summed E-state index contributed by atoms with van der Waals surface area (Å²) < 4.78 is 23.6. The van der Waals surface area contributed by atoms with Crippen molar-refractivity contribution in [3.63, 3.8) is 0 Å². The number of rotatable bonds is 4. The molecule has 2 rings (SSSR count). The summed E-state index contributed by atoms with van der Waals surface area (Å²) in [4.78, 5) is 0. The lowest BCUT2D eigenvalue weighted by Gasteiger charge is -2.12. The summed E-state index contributed by atoms with van der Waals surface area (Å²) in [7, 11) is 1.49. The molecule has 1 aliphatic rings. The molecular weight excluding hydrogens is 233 g/mol. The van der Waals surface area contributed by atoms with E-state index in [0.717, 1.165) is 12.8 Å². The van der Waals surface area contributed by atoms with Gasteiger partial charge in [-0.3, -0.25) is 0 Å². The summed E-state index contributed by atoms with van der Waals surface area (Å²) in [6.45, 7) is 0.371. The van der Waals surface area contributed by atoms with E-state index in [2.05, 4.69) is 0 Å².